The fourth-order valence-corrected chi connectivity index (χ4v) is 8.56. The molecule has 52 heavy (non-hydrogen) atoms. The minimum Gasteiger partial charge on any atom is -0.310 e. The second kappa shape index (κ2) is 11.8. The summed E-state index contributed by atoms with van der Waals surface area (Å²) < 4.78 is 0. The summed E-state index contributed by atoms with van der Waals surface area (Å²) in [5.41, 5.74) is 11.1. The Labute approximate surface area is 304 Å². The van der Waals surface area contributed by atoms with Crippen LogP contribution in [0.5, 0.6) is 0 Å². The van der Waals surface area contributed by atoms with Gasteiger partial charge in [0.25, 0.3) is 0 Å². The van der Waals surface area contributed by atoms with Gasteiger partial charge in [0.05, 0.1) is 0 Å². The summed E-state index contributed by atoms with van der Waals surface area (Å²) in [5.74, 6) is 0. The summed E-state index contributed by atoms with van der Waals surface area (Å²) in [7, 11) is 0. The molecule has 0 aliphatic heterocycles. The summed E-state index contributed by atoms with van der Waals surface area (Å²) in [6, 6.07) is 66.9. The quantitative estimate of drug-likeness (QED) is 0.166. The Morgan fingerprint density at radius 1 is 0.365 bits per heavy atom. The van der Waals surface area contributed by atoms with Crippen molar-refractivity contribution in [1.29, 1.82) is 0 Å². The minimum atomic E-state index is -0.0570. The minimum absolute atomic E-state index is 0.0570. The Kier molecular flexibility index (Phi) is 6.91. The van der Waals surface area contributed by atoms with Crippen molar-refractivity contribution in [3.8, 4) is 11.1 Å². The monoisotopic (exact) mass is 663 g/mol. The van der Waals surface area contributed by atoms with Crippen LogP contribution in [0.25, 0.3) is 65.9 Å². The summed E-state index contributed by atoms with van der Waals surface area (Å²) >= 11 is 0. The number of hydrogen-bond acceptors (Lipinski definition) is 1. The summed E-state index contributed by atoms with van der Waals surface area (Å²) in [5, 5.41) is 10.2. The van der Waals surface area contributed by atoms with E-state index in [4.69, 9.17) is 0 Å². The molecule has 0 bridgehead atoms. The lowest BCUT2D eigenvalue weighted by atomic mass is 9.78. The van der Waals surface area contributed by atoms with Crippen LogP contribution in [0.3, 0.4) is 0 Å². The maximum atomic E-state index is 2.40. The molecule has 0 fully saturated rings. The summed E-state index contributed by atoms with van der Waals surface area (Å²) in [6.07, 6.45) is 2.37. The van der Waals surface area contributed by atoms with E-state index in [0.29, 0.717) is 0 Å². The van der Waals surface area contributed by atoms with Gasteiger partial charge in [0, 0.05) is 22.5 Å². The highest BCUT2D eigenvalue weighted by Gasteiger charge is 2.33. The first-order chi connectivity index (χ1) is 25.5. The van der Waals surface area contributed by atoms with Crippen LogP contribution >= 0.6 is 0 Å². The van der Waals surface area contributed by atoms with Crippen molar-refractivity contribution in [2.45, 2.75) is 19.3 Å². The molecule has 0 aromatic heterocycles. The van der Waals surface area contributed by atoms with Gasteiger partial charge in [-0.25, -0.2) is 0 Å². The van der Waals surface area contributed by atoms with E-state index < -0.39 is 0 Å². The molecule has 1 aliphatic carbocycles. The molecule has 0 amide bonds. The smallest absolute Gasteiger partial charge is 0.0468 e. The van der Waals surface area contributed by atoms with E-state index in [9.17, 15) is 0 Å². The van der Waals surface area contributed by atoms with Crippen molar-refractivity contribution >= 4 is 71.8 Å². The molecule has 246 valence electrons. The molecule has 0 unspecified atom stereocenters. The second-order valence-electron chi connectivity index (χ2n) is 14.6. The highest BCUT2D eigenvalue weighted by atomic mass is 15.1. The first-order valence-corrected chi connectivity index (χ1v) is 18.2. The SMILES string of the molecule is CC1(C)C(c2ccc(N(c3ccc(-c4ccc5ccccc5c4)cc3)c3ccc4c5ccccc5c5ccccc5c4c3)cc2)=Cc2ccccc21. The Hall–Kier alpha value is -6.44. The van der Waals surface area contributed by atoms with Gasteiger partial charge in [-0.05, 0) is 125 Å². The van der Waals surface area contributed by atoms with Crippen LogP contribution in [0, 0.1) is 0 Å². The Balaban J connectivity index is 1.11. The largest absolute Gasteiger partial charge is 0.310 e. The molecule has 1 heteroatoms. The molecule has 0 saturated carbocycles. The van der Waals surface area contributed by atoms with Crippen molar-refractivity contribution in [2.75, 3.05) is 4.90 Å². The fraction of sp³-hybridized carbons (Fsp3) is 0.0588. The molecule has 0 saturated heterocycles. The maximum Gasteiger partial charge on any atom is 0.0468 e. The van der Waals surface area contributed by atoms with Crippen molar-refractivity contribution in [3.05, 3.63) is 199 Å². The maximum absolute atomic E-state index is 2.40. The Bertz CT molecular complexity index is 2820. The zero-order valence-corrected chi connectivity index (χ0v) is 29.3. The number of anilines is 3. The van der Waals surface area contributed by atoms with Gasteiger partial charge in [-0.15, -0.1) is 0 Å². The number of fused-ring (bicyclic) bond motifs is 8. The van der Waals surface area contributed by atoms with E-state index in [1.165, 1.54) is 76.5 Å². The van der Waals surface area contributed by atoms with Crippen LogP contribution in [0.4, 0.5) is 17.1 Å². The highest BCUT2D eigenvalue weighted by molar-refractivity contribution is 6.25. The summed E-state index contributed by atoms with van der Waals surface area (Å²) in [4.78, 5) is 2.40. The lowest BCUT2D eigenvalue weighted by molar-refractivity contribution is 0.704. The second-order valence-corrected chi connectivity index (χ2v) is 14.6. The van der Waals surface area contributed by atoms with Gasteiger partial charge in [-0.2, -0.15) is 0 Å². The average molecular weight is 664 g/mol. The number of allylic oxidation sites excluding steroid dienone is 1. The van der Waals surface area contributed by atoms with Crippen molar-refractivity contribution in [2.24, 2.45) is 0 Å². The van der Waals surface area contributed by atoms with Gasteiger partial charge in [0.1, 0.15) is 0 Å². The molecule has 1 nitrogen and oxygen atoms in total. The third-order valence-electron chi connectivity index (χ3n) is 11.2. The predicted molar refractivity (Wildman–Crippen MR) is 224 cm³/mol. The van der Waals surface area contributed by atoms with E-state index in [2.05, 4.69) is 207 Å². The third-order valence-corrected chi connectivity index (χ3v) is 11.2. The lowest BCUT2D eigenvalue weighted by Crippen LogP contribution is -2.16. The molecule has 9 aromatic rings. The van der Waals surface area contributed by atoms with Crippen LogP contribution < -0.4 is 4.90 Å². The zero-order chi connectivity index (χ0) is 34.8. The molecular weight excluding hydrogens is 627 g/mol. The predicted octanol–water partition coefficient (Wildman–Crippen LogP) is 14.3. The standard InChI is InChI=1S/C51H37N/c1-51(2)49-18-10-5-13-39(49)32-50(51)36-23-27-41(28-24-36)52(40-25-21-35(22-26-40)38-20-19-34-11-3-4-12-37(34)31-38)42-29-30-47-45-16-7-6-14-43(45)44-15-8-9-17-46(44)48(47)33-42/h3-33H,1-2H3. The van der Waals surface area contributed by atoms with E-state index in [0.717, 1.165) is 17.1 Å². The van der Waals surface area contributed by atoms with Crippen LogP contribution in [-0.2, 0) is 5.41 Å². The average Bonchev–Trinajstić information content (AvgIpc) is 3.48. The molecule has 0 heterocycles. The molecule has 9 aromatic carbocycles. The molecule has 0 spiro atoms. The van der Waals surface area contributed by atoms with Gasteiger partial charge in [0.15, 0.2) is 0 Å². The lowest BCUT2D eigenvalue weighted by Gasteiger charge is -2.28. The van der Waals surface area contributed by atoms with Gasteiger partial charge in [-0.1, -0.05) is 153 Å². The number of nitrogens with zero attached hydrogens (tertiary/aromatic N) is 1. The highest BCUT2D eigenvalue weighted by Crippen LogP contribution is 2.47. The molecule has 10 rings (SSSR count). The molecular formula is C51H37N. The van der Waals surface area contributed by atoms with E-state index >= 15 is 0 Å². The van der Waals surface area contributed by atoms with E-state index in [1.807, 2.05) is 0 Å². The number of benzene rings is 9. The van der Waals surface area contributed by atoms with Gasteiger partial charge in [0.2, 0.25) is 0 Å². The van der Waals surface area contributed by atoms with E-state index in [1.54, 1.807) is 0 Å². The van der Waals surface area contributed by atoms with Crippen LogP contribution in [-0.4, -0.2) is 0 Å². The zero-order valence-electron chi connectivity index (χ0n) is 29.3. The van der Waals surface area contributed by atoms with Crippen LogP contribution in [0.15, 0.2) is 182 Å². The number of hydrogen-bond donors (Lipinski definition) is 0. The van der Waals surface area contributed by atoms with Crippen molar-refractivity contribution in [1.82, 2.24) is 0 Å². The van der Waals surface area contributed by atoms with Gasteiger partial charge < -0.3 is 4.90 Å². The van der Waals surface area contributed by atoms with Crippen molar-refractivity contribution < 1.29 is 0 Å². The Morgan fingerprint density at radius 3 is 1.52 bits per heavy atom. The van der Waals surface area contributed by atoms with E-state index in [-0.39, 0.29) is 5.41 Å². The fourth-order valence-electron chi connectivity index (χ4n) is 8.56. The van der Waals surface area contributed by atoms with Gasteiger partial charge in [-0.3, -0.25) is 0 Å². The van der Waals surface area contributed by atoms with Gasteiger partial charge >= 0.3 is 0 Å². The molecule has 0 radical (unpaired) electrons. The first kappa shape index (κ1) is 30.4. The van der Waals surface area contributed by atoms with Crippen LogP contribution in [0.2, 0.25) is 0 Å². The first-order valence-electron chi connectivity index (χ1n) is 18.2. The molecule has 0 N–H and O–H groups in total. The normalized spacial score (nSPS) is 13.5. The van der Waals surface area contributed by atoms with Crippen LogP contribution in [0.1, 0.15) is 30.5 Å². The molecule has 0 atom stereocenters. The number of rotatable bonds is 5. The van der Waals surface area contributed by atoms with Crippen molar-refractivity contribution in [3.63, 3.8) is 0 Å². The summed E-state index contributed by atoms with van der Waals surface area (Å²) in [6.45, 7) is 4.68. The third kappa shape index (κ3) is 4.85. The topological polar surface area (TPSA) is 3.24 Å². The molecule has 1 aliphatic rings. The Morgan fingerprint density at radius 2 is 0.865 bits per heavy atom.